The van der Waals surface area contributed by atoms with E-state index in [2.05, 4.69) is 20.8 Å². The highest BCUT2D eigenvalue weighted by Crippen LogP contribution is 2.37. The molecule has 0 aliphatic carbocycles. The molecule has 1 aliphatic heterocycles. The predicted octanol–water partition coefficient (Wildman–Crippen LogP) is 2.63. The van der Waals surface area contributed by atoms with E-state index in [0.717, 1.165) is 17.0 Å². The normalized spacial score (nSPS) is 17.8. The minimum Gasteiger partial charge on any atom is -0.449 e. The Morgan fingerprint density at radius 2 is 1.79 bits per heavy atom. The van der Waals surface area contributed by atoms with Crippen LogP contribution in [0.3, 0.4) is 0 Å². The molecule has 2 atom stereocenters. The lowest BCUT2D eigenvalue weighted by Crippen LogP contribution is -2.51. The lowest BCUT2D eigenvalue weighted by atomic mass is 9.73. The van der Waals surface area contributed by atoms with Gasteiger partial charge in [0.2, 0.25) is 5.91 Å². The van der Waals surface area contributed by atoms with Gasteiger partial charge in [-0.2, -0.15) is 0 Å². The molecule has 202 valence electrons. The van der Waals surface area contributed by atoms with Gasteiger partial charge in [-0.1, -0.05) is 60.7 Å². The van der Waals surface area contributed by atoms with Crippen LogP contribution in [-0.4, -0.2) is 52.6 Å². The van der Waals surface area contributed by atoms with Crippen LogP contribution in [0.2, 0.25) is 0 Å². The third-order valence-electron chi connectivity index (χ3n) is 6.83. The molecular weight excluding hydrogens is 484 g/mol. The van der Waals surface area contributed by atoms with Crippen molar-refractivity contribution < 1.29 is 19.1 Å². The Balaban J connectivity index is 1.58. The van der Waals surface area contributed by atoms with E-state index in [4.69, 9.17) is 15.2 Å². The number of amides is 2. The van der Waals surface area contributed by atoms with E-state index in [-0.39, 0.29) is 19.1 Å². The number of carbonyl (C=O) groups excluding carboxylic acids is 2. The monoisotopic (exact) mass is 520 g/mol. The maximum atomic E-state index is 12.8. The zero-order chi connectivity index (χ0) is 27.2. The van der Waals surface area contributed by atoms with Crippen molar-refractivity contribution in [2.45, 2.75) is 56.8 Å². The minimum absolute atomic E-state index is 0.207. The summed E-state index contributed by atoms with van der Waals surface area (Å²) in [5.41, 5.74) is 6.65. The standard InChI is InChI=1S/C28H36N6O4/c1-27(2,29)25(35)31-22(18-37-17-20-10-6-4-7-11-20)24-33-32-23-16-28(14-15-34(23)24,19-38-26(36)30-3)21-12-8-5-9-13-21/h4-13,22H,14-19,29H2,1-3H3,(H,30,36)(H,31,35)/t22-,28?/m1/s1. The summed E-state index contributed by atoms with van der Waals surface area (Å²) in [7, 11) is 1.54. The van der Waals surface area contributed by atoms with E-state index in [9.17, 15) is 9.59 Å². The molecule has 1 unspecified atom stereocenters. The molecule has 10 heteroatoms. The number of hydrogen-bond donors (Lipinski definition) is 3. The van der Waals surface area contributed by atoms with Crippen molar-refractivity contribution in [2.24, 2.45) is 5.73 Å². The third-order valence-corrected chi connectivity index (χ3v) is 6.83. The largest absolute Gasteiger partial charge is 0.449 e. The number of ether oxygens (including phenoxy) is 2. The van der Waals surface area contributed by atoms with Gasteiger partial charge in [-0.05, 0) is 31.4 Å². The molecule has 10 nitrogen and oxygen atoms in total. The Morgan fingerprint density at radius 1 is 1.11 bits per heavy atom. The average Bonchev–Trinajstić information content (AvgIpc) is 3.34. The molecule has 0 saturated heterocycles. The van der Waals surface area contributed by atoms with Crippen molar-refractivity contribution in [2.75, 3.05) is 20.3 Å². The zero-order valence-electron chi connectivity index (χ0n) is 22.1. The molecule has 0 saturated carbocycles. The second-order valence-electron chi connectivity index (χ2n) is 10.3. The first-order valence-electron chi connectivity index (χ1n) is 12.8. The molecule has 2 amide bonds. The lowest BCUT2D eigenvalue weighted by Gasteiger charge is -2.37. The van der Waals surface area contributed by atoms with Crippen LogP contribution in [0.5, 0.6) is 0 Å². The number of rotatable bonds is 10. The Hall–Kier alpha value is -3.76. The van der Waals surface area contributed by atoms with Crippen molar-refractivity contribution >= 4 is 12.0 Å². The quantitative estimate of drug-likeness (QED) is 0.374. The van der Waals surface area contributed by atoms with E-state index >= 15 is 0 Å². The summed E-state index contributed by atoms with van der Waals surface area (Å²) in [6, 6.07) is 19.3. The number of hydrogen-bond acceptors (Lipinski definition) is 7. The van der Waals surface area contributed by atoms with E-state index < -0.39 is 23.1 Å². The fourth-order valence-electron chi connectivity index (χ4n) is 4.61. The number of fused-ring (bicyclic) bond motifs is 1. The molecule has 1 aliphatic rings. The van der Waals surface area contributed by atoms with E-state index in [1.54, 1.807) is 13.8 Å². The number of alkyl carbamates (subject to hydrolysis) is 1. The fourth-order valence-corrected chi connectivity index (χ4v) is 4.61. The maximum Gasteiger partial charge on any atom is 0.406 e. The number of nitrogens with two attached hydrogens (primary N) is 1. The summed E-state index contributed by atoms with van der Waals surface area (Å²) in [5, 5.41) is 14.5. The van der Waals surface area contributed by atoms with Gasteiger partial charge in [-0.25, -0.2) is 4.79 Å². The van der Waals surface area contributed by atoms with E-state index in [0.29, 0.717) is 31.8 Å². The van der Waals surface area contributed by atoms with Crippen molar-refractivity contribution in [1.29, 1.82) is 0 Å². The summed E-state index contributed by atoms with van der Waals surface area (Å²) < 4.78 is 13.6. The van der Waals surface area contributed by atoms with Gasteiger partial charge in [-0.3, -0.25) is 4.79 Å². The molecule has 0 bridgehead atoms. The van der Waals surface area contributed by atoms with Gasteiger partial charge < -0.3 is 30.4 Å². The number of nitrogens with zero attached hydrogens (tertiary/aromatic N) is 3. The van der Waals surface area contributed by atoms with Crippen LogP contribution in [-0.2, 0) is 39.3 Å². The summed E-state index contributed by atoms with van der Waals surface area (Å²) in [5.74, 6) is 1.06. The van der Waals surface area contributed by atoms with Crippen molar-refractivity contribution in [1.82, 2.24) is 25.4 Å². The van der Waals surface area contributed by atoms with Crippen LogP contribution < -0.4 is 16.4 Å². The maximum absolute atomic E-state index is 12.8. The first-order chi connectivity index (χ1) is 18.2. The topological polar surface area (TPSA) is 133 Å². The SMILES string of the molecule is CNC(=O)OCC1(c2ccccc2)CCn2c(nnc2[C@@H](COCc2ccccc2)NC(=O)C(C)(C)N)C1. The molecule has 0 radical (unpaired) electrons. The number of carbonyl (C=O) groups is 2. The highest BCUT2D eigenvalue weighted by atomic mass is 16.5. The second kappa shape index (κ2) is 11.7. The Labute approximate surface area is 222 Å². The van der Waals surface area contributed by atoms with Crippen molar-refractivity contribution in [3.63, 3.8) is 0 Å². The Kier molecular flexibility index (Phi) is 8.43. The molecule has 0 fully saturated rings. The van der Waals surface area contributed by atoms with Crippen LogP contribution in [0, 0.1) is 0 Å². The van der Waals surface area contributed by atoms with E-state index in [1.807, 2.05) is 65.2 Å². The van der Waals surface area contributed by atoms with Crippen LogP contribution in [0.15, 0.2) is 60.7 Å². The van der Waals surface area contributed by atoms with Crippen LogP contribution in [0.25, 0.3) is 0 Å². The van der Waals surface area contributed by atoms with Gasteiger partial charge in [0.15, 0.2) is 5.82 Å². The molecule has 4 N–H and O–H groups in total. The molecule has 0 spiro atoms. The Morgan fingerprint density at radius 3 is 2.45 bits per heavy atom. The van der Waals surface area contributed by atoms with E-state index in [1.165, 1.54) is 7.05 Å². The number of aromatic nitrogens is 3. The van der Waals surface area contributed by atoms with Crippen LogP contribution in [0.4, 0.5) is 4.79 Å². The molecule has 1 aromatic heterocycles. The van der Waals surface area contributed by atoms with Crippen molar-refractivity contribution in [3.8, 4) is 0 Å². The van der Waals surface area contributed by atoms with Gasteiger partial charge in [0, 0.05) is 25.4 Å². The lowest BCUT2D eigenvalue weighted by molar-refractivity contribution is -0.126. The first kappa shape index (κ1) is 27.3. The predicted molar refractivity (Wildman–Crippen MR) is 142 cm³/mol. The summed E-state index contributed by atoms with van der Waals surface area (Å²) in [6.45, 7) is 4.71. The highest BCUT2D eigenvalue weighted by Gasteiger charge is 2.40. The summed E-state index contributed by atoms with van der Waals surface area (Å²) in [4.78, 5) is 24.8. The molecule has 4 rings (SSSR count). The van der Waals surface area contributed by atoms with Gasteiger partial charge in [-0.15, -0.1) is 10.2 Å². The molecule has 2 heterocycles. The summed E-state index contributed by atoms with van der Waals surface area (Å²) >= 11 is 0. The molecule has 3 aromatic rings. The van der Waals surface area contributed by atoms with Gasteiger partial charge >= 0.3 is 6.09 Å². The zero-order valence-corrected chi connectivity index (χ0v) is 22.1. The smallest absolute Gasteiger partial charge is 0.406 e. The first-order valence-corrected chi connectivity index (χ1v) is 12.8. The fraction of sp³-hybridized carbons (Fsp3) is 0.429. The Bertz CT molecular complexity index is 1230. The summed E-state index contributed by atoms with van der Waals surface area (Å²) in [6.07, 6.45) is 0.741. The molecule has 2 aromatic carbocycles. The van der Waals surface area contributed by atoms with Gasteiger partial charge in [0.25, 0.3) is 0 Å². The van der Waals surface area contributed by atoms with Crippen LogP contribution in [0.1, 0.15) is 49.1 Å². The second-order valence-corrected chi connectivity index (χ2v) is 10.3. The average molecular weight is 521 g/mol. The molecular formula is C28H36N6O4. The van der Waals surface area contributed by atoms with Crippen molar-refractivity contribution in [3.05, 3.63) is 83.4 Å². The number of nitrogens with one attached hydrogen (secondary N) is 2. The van der Waals surface area contributed by atoms with Gasteiger partial charge in [0.1, 0.15) is 18.5 Å². The van der Waals surface area contributed by atoms with Crippen LogP contribution >= 0.6 is 0 Å². The molecule has 38 heavy (non-hydrogen) atoms. The van der Waals surface area contributed by atoms with Gasteiger partial charge in [0.05, 0.1) is 18.8 Å². The third kappa shape index (κ3) is 6.38. The number of benzene rings is 2. The minimum atomic E-state index is -1.07. The highest BCUT2D eigenvalue weighted by molar-refractivity contribution is 5.85.